The van der Waals surface area contributed by atoms with Crippen LogP contribution in [-0.2, 0) is 6.54 Å². The van der Waals surface area contributed by atoms with Crippen LogP contribution < -0.4 is 5.32 Å². The molecule has 4 rings (SSSR count). The SMILES string of the molecule is N#Cc1ccc(CN2C[C@H]3C[C@@H](Nc4cnccn4)[C@H](O)C[C@H]3C2)s1. The molecule has 0 spiro atoms. The quantitative estimate of drug-likeness (QED) is 0.874. The Morgan fingerprint density at radius 3 is 2.84 bits per heavy atom. The van der Waals surface area contributed by atoms with Crippen molar-refractivity contribution >= 4 is 17.2 Å². The van der Waals surface area contributed by atoms with Gasteiger partial charge < -0.3 is 10.4 Å². The minimum Gasteiger partial charge on any atom is -0.391 e. The summed E-state index contributed by atoms with van der Waals surface area (Å²) >= 11 is 1.58. The van der Waals surface area contributed by atoms with Gasteiger partial charge in [-0.05, 0) is 36.8 Å². The van der Waals surface area contributed by atoms with E-state index in [1.54, 1.807) is 29.9 Å². The normalized spacial score (nSPS) is 29.1. The molecule has 25 heavy (non-hydrogen) atoms. The van der Waals surface area contributed by atoms with Gasteiger partial charge in [-0.15, -0.1) is 11.3 Å². The zero-order valence-electron chi connectivity index (χ0n) is 13.9. The van der Waals surface area contributed by atoms with Crippen molar-refractivity contribution in [3.05, 3.63) is 40.5 Å². The fourth-order valence-corrected chi connectivity index (χ4v) is 4.97. The van der Waals surface area contributed by atoms with Crippen molar-refractivity contribution < 1.29 is 5.11 Å². The van der Waals surface area contributed by atoms with Crippen molar-refractivity contribution in [2.45, 2.75) is 31.5 Å². The van der Waals surface area contributed by atoms with Gasteiger partial charge in [0.25, 0.3) is 0 Å². The monoisotopic (exact) mass is 355 g/mol. The zero-order chi connectivity index (χ0) is 17.2. The van der Waals surface area contributed by atoms with Crippen molar-refractivity contribution in [2.75, 3.05) is 18.4 Å². The van der Waals surface area contributed by atoms with Gasteiger partial charge in [-0.3, -0.25) is 9.88 Å². The van der Waals surface area contributed by atoms with Crippen molar-refractivity contribution in [1.82, 2.24) is 14.9 Å². The molecule has 6 nitrogen and oxygen atoms in total. The molecule has 0 bridgehead atoms. The number of rotatable bonds is 4. The molecule has 4 atom stereocenters. The molecule has 7 heteroatoms. The van der Waals surface area contributed by atoms with E-state index >= 15 is 0 Å². The smallest absolute Gasteiger partial charge is 0.144 e. The molecule has 2 N–H and O–H groups in total. The van der Waals surface area contributed by atoms with Crippen molar-refractivity contribution in [2.24, 2.45) is 11.8 Å². The topological polar surface area (TPSA) is 85.1 Å². The molecule has 2 aromatic rings. The fourth-order valence-electron chi connectivity index (χ4n) is 4.12. The fraction of sp³-hybridized carbons (Fsp3) is 0.500. The van der Waals surface area contributed by atoms with E-state index in [2.05, 4.69) is 32.3 Å². The lowest BCUT2D eigenvalue weighted by molar-refractivity contribution is 0.0735. The van der Waals surface area contributed by atoms with Crippen LogP contribution in [0.25, 0.3) is 0 Å². The Labute approximate surface area is 151 Å². The number of nitrogens with zero attached hydrogens (tertiary/aromatic N) is 4. The van der Waals surface area contributed by atoms with Crippen LogP contribution in [0.5, 0.6) is 0 Å². The number of nitrogens with one attached hydrogen (secondary N) is 1. The molecule has 0 unspecified atom stereocenters. The molecule has 130 valence electrons. The summed E-state index contributed by atoms with van der Waals surface area (Å²) in [6.07, 6.45) is 6.43. The Kier molecular flexibility index (Phi) is 4.66. The van der Waals surface area contributed by atoms with E-state index in [-0.39, 0.29) is 12.1 Å². The van der Waals surface area contributed by atoms with Crippen LogP contribution in [0.15, 0.2) is 30.7 Å². The van der Waals surface area contributed by atoms with Crippen molar-refractivity contribution in [3.8, 4) is 6.07 Å². The summed E-state index contributed by atoms with van der Waals surface area (Å²) in [5.41, 5.74) is 0. The van der Waals surface area contributed by atoms with E-state index in [1.807, 2.05) is 6.07 Å². The van der Waals surface area contributed by atoms with Crippen LogP contribution in [0.2, 0.25) is 0 Å². The minimum atomic E-state index is -0.352. The number of nitriles is 1. The molecule has 0 amide bonds. The van der Waals surface area contributed by atoms with Crippen LogP contribution in [0, 0.1) is 23.2 Å². The Morgan fingerprint density at radius 2 is 2.12 bits per heavy atom. The number of hydrogen-bond donors (Lipinski definition) is 2. The molecule has 2 aromatic heterocycles. The molecular formula is C18H21N5OS. The zero-order valence-corrected chi connectivity index (χ0v) is 14.7. The van der Waals surface area contributed by atoms with E-state index in [9.17, 15) is 5.11 Å². The number of likely N-dealkylation sites (tertiary alicyclic amines) is 1. The first-order valence-electron chi connectivity index (χ1n) is 8.63. The van der Waals surface area contributed by atoms with Gasteiger partial charge in [0, 0.05) is 36.9 Å². The summed E-state index contributed by atoms with van der Waals surface area (Å²) in [6, 6.07) is 6.19. The predicted octanol–water partition coefficient (Wildman–Crippen LogP) is 2.09. The van der Waals surface area contributed by atoms with Gasteiger partial charge in [0.05, 0.1) is 18.3 Å². The minimum absolute atomic E-state index is 0.0322. The second-order valence-electron chi connectivity index (χ2n) is 6.97. The average Bonchev–Trinajstić information content (AvgIpc) is 3.22. The van der Waals surface area contributed by atoms with Crippen LogP contribution in [0.4, 0.5) is 5.82 Å². The van der Waals surface area contributed by atoms with Crippen LogP contribution in [-0.4, -0.2) is 45.2 Å². The van der Waals surface area contributed by atoms with E-state index in [0.29, 0.717) is 11.8 Å². The van der Waals surface area contributed by atoms with E-state index in [0.717, 1.165) is 43.2 Å². The van der Waals surface area contributed by atoms with Gasteiger partial charge in [-0.2, -0.15) is 5.26 Å². The van der Waals surface area contributed by atoms with Gasteiger partial charge >= 0.3 is 0 Å². The maximum Gasteiger partial charge on any atom is 0.144 e. The van der Waals surface area contributed by atoms with Crippen LogP contribution in [0.3, 0.4) is 0 Å². The highest BCUT2D eigenvalue weighted by Crippen LogP contribution is 2.38. The Bertz CT molecular complexity index is 758. The second kappa shape index (κ2) is 7.08. The average molecular weight is 355 g/mol. The molecule has 1 aliphatic heterocycles. The maximum absolute atomic E-state index is 10.5. The molecule has 1 saturated carbocycles. The van der Waals surface area contributed by atoms with E-state index in [4.69, 9.17) is 5.26 Å². The summed E-state index contributed by atoms with van der Waals surface area (Å²) in [5, 5.41) is 22.8. The molecule has 2 aliphatic rings. The third-order valence-corrected chi connectivity index (χ3v) is 6.24. The lowest BCUT2D eigenvalue weighted by Gasteiger charge is -2.35. The molecule has 1 saturated heterocycles. The lowest BCUT2D eigenvalue weighted by Crippen LogP contribution is -2.43. The number of aromatic nitrogens is 2. The highest BCUT2D eigenvalue weighted by Gasteiger charge is 2.41. The van der Waals surface area contributed by atoms with E-state index < -0.39 is 0 Å². The summed E-state index contributed by atoms with van der Waals surface area (Å²) < 4.78 is 0. The largest absolute Gasteiger partial charge is 0.391 e. The number of thiophene rings is 1. The molecular weight excluding hydrogens is 334 g/mol. The summed E-state index contributed by atoms with van der Waals surface area (Å²) in [5.74, 6) is 1.86. The van der Waals surface area contributed by atoms with Crippen LogP contribution >= 0.6 is 11.3 Å². The highest BCUT2D eigenvalue weighted by molar-refractivity contribution is 7.12. The van der Waals surface area contributed by atoms with Gasteiger partial charge in [-0.1, -0.05) is 0 Å². The number of aliphatic hydroxyl groups is 1. The first-order valence-corrected chi connectivity index (χ1v) is 9.44. The van der Waals surface area contributed by atoms with Gasteiger partial charge in [0.15, 0.2) is 0 Å². The van der Waals surface area contributed by atoms with E-state index in [1.165, 1.54) is 4.88 Å². The Balaban J connectivity index is 1.37. The third-order valence-electron chi connectivity index (χ3n) is 5.27. The molecule has 0 aromatic carbocycles. The van der Waals surface area contributed by atoms with Crippen molar-refractivity contribution in [1.29, 1.82) is 5.26 Å². The maximum atomic E-state index is 10.5. The first-order chi connectivity index (χ1) is 12.2. The Hall–Kier alpha value is -2.01. The second-order valence-corrected chi connectivity index (χ2v) is 8.14. The summed E-state index contributed by atoms with van der Waals surface area (Å²) in [4.78, 5) is 12.8. The molecule has 0 radical (unpaired) electrons. The summed E-state index contributed by atoms with van der Waals surface area (Å²) in [7, 11) is 0. The van der Waals surface area contributed by atoms with Crippen molar-refractivity contribution in [3.63, 3.8) is 0 Å². The van der Waals surface area contributed by atoms with Gasteiger partial charge in [0.2, 0.25) is 0 Å². The van der Waals surface area contributed by atoms with Gasteiger partial charge in [0.1, 0.15) is 16.8 Å². The molecule has 3 heterocycles. The number of anilines is 1. The third kappa shape index (κ3) is 3.66. The van der Waals surface area contributed by atoms with Crippen LogP contribution in [0.1, 0.15) is 22.6 Å². The number of hydrogen-bond acceptors (Lipinski definition) is 7. The summed E-state index contributed by atoms with van der Waals surface area (Å²) in [6.45, 7) is 2.98. The standard InChI is InChI=1S/C18H21N5OS/c19-7-14-1-2-15(25-14)11-23-9-12-5-16(17(24)6-13(12)10-23)22-18-8-20-3-4-21-18/h1-4,8,12-13,16-17,24H,5-6,9-11H2,(H,21,22)/t12-,13+,16-,17-/m1/s1. The van der Waals surface area contributed by atoms with Gasteiger partial charge in [-0.25, -0.2) is 4.98 Å². The number of fused-ring (bicyclic) bond motifs is 1. The predicted molar refractivity (Wildman–Crippen MR) is 96.0 cm³/mol. The highest BCUT2D eigenvalue weighted by atomic mass is 32.1. The molecule has 1 aliphatic carbocycles. The lowest BCUT2D eigenvalue weighted by atomic mass is 9.77. The number of aliphatic hydroxyl groups excluding tert-OH is 1. The molecule has 2 fully saturated rings. The first kappa shape index (κ1) is 16.5. The Morgan fingerprint density at radius 1 is 1.28 bits per heavy atom.